The van der Waals surface area contributed by atoms with E-state index in [1.807, 2.05) is 5.38 Å². The molecule has 11 heteroatoms. The molecule has 2 aliphatic heterocycles. The Morgan fingerprint density at radius 1 is 1.32 bits per heavy atom. The summed E-state index contributed by atoms with van der Waals surface area (Å²) in [5.41, 5.74) is 1.27. The minimum absolute atomic E-state index is 0.0101. The second-order valence-electron chi connectivity index (χ2n) is 8.31. The van der Waals surface area contributed by atoms with Crippen molar-refractivity contribution >= 4 is 28.9 Å². The summed E-state index contributed by atoms with van der Waals surface area (Å²) < 4.78 is 24.6. The Hall–Kier alpha value is -2.50. The van der Waals surface area contributed by atoms with E-state index in [0.717, 1.165) is 0 Å². The van der Waals surface area contributed by atoms with Crippen LogP contribution in [-0.2, 0) is 16.0 Å². The van der Waals surface area contributed by atoms with Gasteiger partial charge in [0.1, 0.15) is 11.4 Å². The van der Waals surface area contributed by atoms with E-state index in [9.17, 15) is 14.3 Å². The smallest absolute Gasteiger partial charge is 0.342 e. The molecule has 0 aliphatic carbocycles. The van der Waals surface area contributed by atoms with Gasteiger partial charge in [-0.3, -0.25) is 4.90 Å². The third-order valence-electron chi connectivity index (χ3n) is 6.16. The highest BCUT2D eigenvalue weighted by Crippen LogP contribution is 2.36. The fourth-order valence-electron chi connectivity index (χ4n) is 4.64. The van der Waals surface area contributed by atoms with E-state index in [-0.39, 0.29) is 34.5 Å². The average molecular weight is 505 g/mol. The molecule has 4 heterocycles. The van der Waals surface area contributed by atoms with Crippen molar-refractivity contribution in [1.82, 2.24) is 19.9 Å². The Morgan fingerprint density at radius 3 is 2.74 bits per heavy atom. The summed E-state index contributed by atoms with van der Waals surface area (Å²) in [6, 6.07) is 3.91. The van der Waals surface area contributed by atoms with Gasteiger partial charge in [-0.1, -0.05) is 11.6 Å². The van der Waals surface area contributed by atoms with Gasteiger partial charge in [0, 0.05) is 35.8 Å². The third kappa shape index (κ3) is 4.44. The Kier molecular flexibility index (Phi) is 6.59. The Morgan fingerprint density at radius 2 is 2.09 bits per heavy atom. The van der Waals surface area contributed by atoms with Crippen molar-refractivity contribution in [3.05, 3.63) is 51.9 Å². The second-order valence-corrected chi connectivity index (χ2v) is 9.61. The SMILES string of the molecule is COC(=O)c1c(CN2C3COC[C@H]2CC(O)C3)nc(-c2nccs2)nc1-c1ccc(F)cc1Cl. The highest BCUT2D eigenvalue weighted by molar-refractivity contribution is 7.13. The summed E-state index contributed by atoms with van der Waals surface area (Å²) in [5, 5.41) is 12.8. The molecular formula is C23H22ClFN4O4S. The Balaban J connectivity index is 1.68. The van der Waals surface area contributed by atoms with Crippen molar-refractivity contribution in [2.24, 2.45) is 0 Å². The zero-order chi connectivity index (χ0) is 23.8. The monoisotopic (exact) mass is 504 g/mol. The van der Waals surface area contributed by atoms with E-state index in [0.29, 0.717) is 54.7 Å². The molecule has 0 amide bonds. The number of thiazole rings is 1. The number of hydrogen-bond donors (Lipinski definition) is 1. The number of aromatic nitrogens is 3. The van der Waals surface area contributed by atoms with Gasteiger partial charge in [-0.05, 0) is 31.0 Å². The van der Waals surface area contributed by atoms with Gasteiger partial charge in [0.15, 0.2) is 10.8 Å². The first-order chi connectivity index (χ1) is 16.4. The van der Waals surface area contributed by atoms with Gasteiger partial charge < -0.3 is 14.6 Å². The fourth-order valence-corrected chi connectivity index (χ4v) is 5.46. The molecule has 0 radical (unpaired) electrons. The summed E-state index contributed by atoms with van der Waals surface area (Å²) in [6.07, 6.45) is 2.41. The Bertz CT molecular complexity index is 1200. The number of aliphatic hydroxyl groups excluding tert-OH is 1. The van der Waals surface area contributed by atoms with Gasteiger partial charge in [-0.15, -0.1) is 11.3 Å². The number of methoxy groups -OCH3 is 1. The number of benzene rings is 1. The summed E-state index contributed by atoms with van der Waals surface area (Å²) in [6.45, 7) is 1.30. The lowest BCUT2D eigenvalue weighted by atomic mass is 9.91. The normalized spacial score (nSPS) is 22.5. The van der Waals surface area contributed by atoms with Crippen LogP contribution in [0.1, 0.15) is 28.9 Å². The maximum absolute atomic E-state index is 13.8. The van der Waals surface area contributed by atoms with Crippen LogP contribution < -0.4 is 0 Å². The number of morpholine rings is 1. The van der Waals surface area contributed by atoms with Gasteiger partial charge >= 0.3 is 5.97 Å². The van der Waals surface area contributed by atoms with Crippen molar-refractivity contribution < 1.29 is 23.8 Å². The molecule has 2 bridgehead atoms. The van der Waals surface area contributed by atoms with Crippen LogP contribution in [0.3, 0.4) is 0 Å². The van der Waals surface area contributed by atoms with E-state index in [1.54, 1.807) is 6.20 Å². The average Bonchev–Trinajstić information content (AvgIpc) is 3.34. The van der Waals surface area contributed by atoms with Crippen molar-refractivity contribution in [1.29, 1.82) is 0 Å². The lowest BCUT2D eigenvalue weighted by molar-refractivity contribution is -0.109. The van der Waals surface area contributed by atoms with Crippen LogP contribution in [0.15, 0.2) is 29.8 Å². The van der Waals surface area contributed by atoms with Crippen LogP contribution in [0.4, 0.5) is 4.39 Å². The maximum atomic E-state index is 13.8. The molecule has 2 saturated heterocycles. The number of hydrogen-bond acceptors (Lipinski definition) is 9. The molecule has 3 atom stereocenters. The van der Waals surface area contributed by atoms with Crippen LogP contribution in [0.5, 0.6) is 0 Å². The number of halogens is 2. The van der Waals surface area contributed by atoms with E-state index in [2.05, 4.69) is 14.9 Å². The topological polar surface area (TPSA) is 97.7 Å². The first kappa shape index (κ1) is 23.3. The molecule has 8 nitrogen and oxygen atoms in total. The highest BCUT2D eigenvalue weighted by atomic mass is 35.5. The minimum atomic E-state index is -0.616. The molecule has 0 spiro atoms. The van der Waals surface area contributed by atoms with Gasteiger partial charge in [0.2, 0.25) is 0 Å². The van der Waals surface area contributed by atoms with Gasteiger partial charge in [-0.25, -0.2) is 24.1 Å². The molecule has 5 rings (SSSR count). The standard InChI is InChI=1S/C23H22ClFN4O4S/c1-32-23(31)19-18(9-29-13-7-15(30)8-14(29)11-33-10-13)27-21(22-26-4-5-34-22)28-20(19)16-3-2-12(25)6-17(16)24/h2-6,13-15,30H,7-11H2,1H3/t13-,14?,15?/m1/s1. The van der Waals surface area contributed by atoms with Crippen LogP contribution in [0.2, 0.25) is 5.02 Å². The van der Waals surface area contributed by atoms with Crippen molar-refractivity contribution in [3.63, 3.8) is 0 Å². The molecule has 3 aromatic rings. The molecule has 2 fully saturated rings. The predicted molar refractivity (Wildman–Crippen MR) is 124 cm³/mol. The van der Waals surface area contributed by atoms with Crippen molar-refractivity contribution in [2.75, 3.05) is 20.3 Å². The third-order valence-corrected chi connectivity index (χ3v) is 7.24. The summed E-state index contributed by atoms with van der Waals surface area (Å²) in [5.74, 6) is -0.775. The van der Waals surface area contributed by atoms with Crippen LogP contribution in [0.25, 0.3) is 22.1 Å². The van der Waals surface area contributed by atoms with Crippen molar-refractivity contribution in [3.8, 4) is 22.1 Å². The van der Waals surface area contributed by atoms with Gasteiger partial charge in [0.05, 0.1) is 42.8 Å². The fraction of sp³-hybridized carbons (Fsp3) is 0.391. The number of esters is 1. The zero-order valence-corrected chi connectivity index (χ0v) is 19.9. The number of carbonyl (C=O) groups excluding carboxylic acids is 1. The quantitative estimate of drug-likeness (QED) is 0.527. The van der Waals surface area contributed by atoms with E-state index in [1.165, 1.54) is 36.6 Å². The van der Waals surface area contributed by atoms with Crippen molar-refractivity contribution in [2.45, 2.75) is 37.6 Å². The molecule has 1 N–H and O–H groups in total. The lowest BCUT2D eigenvalue weighted by Crippen LogP contribution is -2.57. The van der Waals surface area contributed by atoms with Crippen LogP contribution in [-0.4, -0.2) is 69.4 Å². The van der Waals surface area contributed by atoms with Crippen LogP contribution >= 0.6 is 22.9 Å². The number of rotatable bonds is 5. The summed E-state index contributed by atoms with van der Waals surface area (Å²) in [4.78, 5) is 28.9. The molecule has 178 valence electrons. The van der Waals surface area contributed by atoms with Gasteiger partial charge in [-0.2, -0.15) is 0 Å². The van der Waals surface area contributed by atoms with E-state index in [4.69, 9.17) is 26.1 Å². The van der Waals surface area contributed by atoms with Gasteiger partial charge in [0.25, 0.3) is 0 Å². The Labute approximate surface area is 204 Å². The first-order valence-corrected chi connectivity index (χ1v) is 12.1. The minimum Gasteiger partial charge on any atom is -0.465 e. The number of ether oxygens (including phenoxy) is 2. The van der Waals surface area contributed by atoms with E-state index < -0.39 is 11.8 Å². The zero-order valence-electron chi connectivity index (χ0n) is 18.3. The summed E-state index contributed by atoms with van der Waals surface area (Å²) >= 11 is 7.75. The number of fused-ring (bicyclic) bond motifs is 2. The summed E-state index contributed by atoms with van der Waals surface area (Å²) in [7, 11) is 1.29. The molecule has 2 unspecified atom stereocenters. The maximum Gasteiger partial charge on any atom is 0.342 e. The first-order valence-electron chi connectivity index (χ1n) is 10.8. The lowest BCUT2D eigenvalue weighted by Gasteiger charge is -2.47. The number of carbonyl (C=O) groups is 1. The largest absolute Gasteiger partial charge is 0.465 e. The van der Waals surface area contributed by atoms with E-state index >= 15 is 0 Å². The molecule has 2 aromatic heterocycles. The molecular weight excluding hydrogens is 483 g/mol. The second kappa shape index (κ2) is 9.63. The molecule has 0 saturated carbocycles. The van der Waals surface area contributed by atoms with Crippen LogP contribution in [0, 0.1) is 5.82 Å². The molecule has 1 aromatic carbocycles. The molecule has 34 heavy (non-hydrogen) atoms. The highest BCUT2D eigenvalue weighted by Gasteiger charge is 2.39. The molecule has 2 aliphatic rings. The predicted octanol–water partition coefficient (Wildman–Crippen LogP) is 3.57. The number of nitrogens with zero attached hydrogens (tertiary/aromatic N) is 4. The number of aliphatic hydroxyl groups is 1. The number of piperidine rings is 1.